The third-order valence-corrected chi connectivity index (χ3v) is 5.27. The number of carbonyl (C=O) groups is 2. The van der Waals surface area contributed by atoms with E-state index in [2.05, 4.69) is 10.6 Å². The normalized spacial score (nSPS) is 14.9. The largest absolute Gasteiger partial charge is 0.384 e. The van der Waals surface area contributed by atoms with Crippen LogP contribution < -0.4 is 10.6 Å². The van der Waals surface area contributed by atoms with E-state index in [-0.39, 0.29) is 11.8 Å². The first-order valence-electron chi connectivity index (χ1n) is 9.23. The highest BCUT2D eigenvalue weighted by Gasteiger charge is 2.44. The minimum absolute atomic E-state index is 0.0183. The number of hydrogen-bond acceptors (Lipinski definition) is 3. The van der Waals surface area contributed by atoms with E-state index < -0.39 is 5.41 Å². The molecule has 0 saturated heterocycles. The van der Waals surface area contributed by atoms with Crippen molar-refractivity contribution in [2.45, 2.75) is 33.1 Å². The zero-order valence-corrected chi connectivity index (χ0v) is 16.1. The fourth-order valence-electron chi connectivity index (χ4n) is 3.31. The van der Waals surface area contributed by atoms with E-state index >= 15 is 0 Å². The summed E-state index contributed by atoms with van der Waals surface area (Å²) in [5, 5.41) is 5.92. The van der Waals surface area contributed by atoms with Gasteiger partial charge in [0, 0.05) is 24.0 Å². The number of methoxy groups -OCH3 is 1. The SMILES string of the molecule is COCC1(C(=O)Nc2ccc(C)c(NC(=O)c3ccc(C)cc3)c2)CCC1. The summed E-state index contributed by atoms with van der Waals surface area (Å²) < 4.78 is 5.24. The van der Waals surface area contributed by atoms with Gasteiger partial charge in [-0.3, -0.25) is 9.59 Å². The molecule has 2 aromatic carbocycles. The Bertz CT molecular complexity index is 839. The summed E-state index contributed by atoms with van der Waals surface area (Å²) in [4.78, 5) is 25.2. The predicted molar refractivity (Wildman–Crippen MR) is 107 cm³/mol. The molecule has 0 bridgehead atoms. The lowest BCUT2D eigenvalue weighted by Crippen LogP contribution is -2.45. The van der Waals surface area contributed by atoms with Crippen LogP contribution in [-0.4, -0.2) is 25.5 Å². The summed E-state index contributed by atoms with van der Waals surface area (Å²) in [6.07, 6.45) is 2.73. The van der Waals surface area contributed by atoms with Gasteiger partial charge in [-0.05, 0) is 56.5 Å². The first kappa shape index (κ1) is 19.1. The van der Waals surface area contributed by atoms with Crippen molar-refractivity contribution < 1.29 is 14.3 Å². The molecule has 2 aromatic rings. The van der Waals surface area contributed by atoms with Gasteiger partial charge in [0.15, 0.2) is 0 Å². The second-order valence-corrected chi connectivity index (χ2v) is 7.37. The van der Waals surface area contributed by atoms with Gasteiger partial charge in [0.25, 0.3) is 5.91 Å². The molecule has 0 aliphatic heterocycles. The number of hydrogen-bond donors (Lipinski definition) is 2. The molecule has 0 atom stereocenters. The van der Waals surface area contributed by atoms with E-state index in [0.717, 1.165) is 30.4 Å². The minimum Gasteiger partial charge on any atom is -0.384 e. The third-order valence-electron chi connectivity index (χ3n) is 5.27. The molecule has 5 nitrogen and oxygen atoms in total. The predicted octanol–water partition coefficient (Wildman–Crippen LogP) is 4.31. The first-order chi connectivity index (χ1) is 12.9. The average molecular weight is 366 g/mol. The van der Waals surface area contributed by atoms with Gasteiger partial charge in [0.1, 0.15) is 0 Å². The number of benzene rings is 2. The van der Waals surface area contributed by atoms with Crippen LogP contribution in [0.15, 0.2) is 42.5 Å². The summed E-state index contributed by atoms with van der Waals surface area (Å²) in [7, 11) is 1.62. The molecule has 1 aliphatic rings. The molecule has 0 aromatic heterocycles. The van der Waals surface area contributed by atoms with Crippen molar-refractivity contribution in [1.82, 2.24) is 0 Å². The summed E-state index contributed by atoms with van der Waals surface area (Å²) in [6.45, 7) is 4.34. The van der Waals surface area contributed by atoms with Gasteiger partial charge in [0.2, 0.25) is 5.91 Å². The van der Waals surface area contributed by atoms with Gasteiger partial charge in [-0.25, -0.2) is 0 Å². The molecule has 0 unspecified atom stereocenters. The Morgan fingerprint density at radius 2 is 1.74 bits per heavy atom. The number of aryl methyl sites for hydroxylation is 2. The molecule has 142 valence electrons. The van der Waals surface area contributed by atoms with Gasteiger partial charge in [-0.1, -0.05) is 30.2 Å². The van der Waals surface area contributed by atoms with Gasteiger partial charge in [0.05, 0.1) is 12.0 Å². The Morgan fingerprint density at radius 3 is 2.33 bits per heavy atom. The van der Waals surface area contributed by atoms with Gasteiger partial charge >= 0.3 is 0 Å². The Labute approximate surface area is 160 Å². The van der Waals surface area contributed by atoms with Crippen LogP contribution in [0.5, 0.6) is 0 Å². The van der Waals surface area contributed by atoms with Crippen molar-refractivity contribution in [2.24, 2.45) is 5.41 Å². The Kier molecular flexibility index (Phi) is 5.61. The highest BCUT2D eigenvalue weighted by Crippen LogP contribution is 2.42. The van der Waals surface area contributed by atoms with E-state index in [0.29, 0.717) is 23.5 Å². The van der Waals surface area contributed by atoms with Crippen molar-refractivity contribution in [2.75, 3.05) is 24.4 Å². The number of anilines is 2. The molecule has 27 heavy (non-hydrogen) atoms. The molecular formula is C22H26N2O3. The molecule has 1 aliphatic carbocycles. The Hall–Kier alpha value is -2.66. The maximum absolute atomic E-state index is 12.7. The van der Waals surface area contributed by atoms with Gasteiger partial charge in [-0.2, -0.15) is 0 Å². The van der Waals surface area contributed by atoms with Crippen LogP contribution in [0, 0.1) is 19.3 Å². The molecule has 2 amide bonds. The molecule has 1 saturated carbocycles. The van der Waals surface area contributed by atoms with Crippen LogP contribution in [0.25, 0.3) is 0 Å². The maximum Gasteiger partial charge on any atom is 0.255 e. The van der Waals surface area contributed by atoms with Crippen LogP contribution in [0.2, 0.25) is 0 Å². The van der Waals surface area contributed by atoms with Crippen LogP contribution in [0.4, 0.5) is 11.4 Å². The number of nitrogens with one attached hydrogen (secondary N) is 2. The van der Waals surface area contributed by atoms with Crippen LogP contribution in [0.3, 0.4) is 0 Å². The molecule has 3 rings (SSSR count). The standard InChI is InChI=1S/C22H26N2O3/c1-15-5-8-17(9-6-15)20(25)24-19-13-18(10-7-16(19)2)23-21(26)22(14-27-3)11-4-12-22/h5-10,13H,4,11-12,14H2,1-3H3,(H,23,26)(H,24,25). The van der Waals surface area contributed by atoms with E-state index in [1.54, 1.807) is 25.3 Å². The van der Waals surface area contributed by atoms with Gasteiger partial charge < -0.3 is 15.4 Å². The van der Waals surface area contributed by atoms with Crippen molar-refractivity contribution in [3.63, 3.8) is 0 Å². The Morgan fingerprint density at radius 1 is 1.04 bits per heavy atom. The number of rotatable bonds is 6. The fourth-order valence-corrected chi connectivity index (χ4v) is 3.31. The summed E-state index contributed by atoms with van der Waals surface area (Å²) in [5.74, 6) is -0.188. The number of carbonyl (C=O) groups excluding carboxylic acids is 2. The second kappa shape index (κ2) is 7.92. The van der Waals surface area contributed by atoms with E-state index in [4.69, 9.17) is 4.74 Å². The van der Waals surface area contributed by atoms with E-state index in [1.165, 1.54) is 0 Å². The summed E-state index contributed by atoms with van der Waals surface area (Å²) >= 11 is 0. The monoisotopic (exact) mass is 366 g/mol. The third kappa shape index (κ3) is 4.19. The number of ether oxygens (including phenoxy) is 1. The topological polar surface area (TPSA) is 67.4 Å². The molecule has 2 N–H and O–H groups in total. The highest BCUT2D eigenvalue weighted by atomic mass is 16.5. The van der Waals surface area contributed by atoms with Crippen molar-refractivity contribution in [1.29, 1.82) is 0 Å². The number of amides is 2. The lowest BCUT2D eigenvalue weighted by molar-refractivity contribution is -0.134. The lowest BCUT2D eigenvalue weighted by Gasteiger charge is -2.39. The van der Waals surface area contributed by atoms with Crippen LogP contribution in [0.1, 0.15) is 40.7 Å². The van der Waals surface area contributed by atoms with E-state index in [9.17, 15) is 9.59 Å². The minimum atomic E-state index is -0.426. The molecule has 0 spiro atoms. The van der Waals surface area contributed by atoms with E-state index in [1.807, 2.05) is 38.1 Å². The first-order valence-corrected chi connectivity index (χ1v) is 9.23. The molecule has 0 radical (unpaired) electrons. The zero-order chi connectivity index (χ0) is 19.4. The second-order valence-electron chi connectivity index (χ2n) is 7.37. The summed E-state index contributed by atoms with van der Waals surface area (Å²) in [6, 6.07) is 13.0. The highest BCUT2D eigenvalue weighted by molar-refractivity contribution is 6.05. The molecular weight excluding hydrogens is 340 g/mol. The van der Waals surface area contributed by atoms with Gasteiger partial charge in [-0.15, -0.1) is 0 Å². The Balaban J connectivity index is 1.73. The zero-order valence-electron chi connectivity index (χ0n) is 16.1. The smallest absolute Gasteiger partial charge is 0.255 e. The van der Waals surface area contributed by atoms with Crippen molar-refractivity contribution in [3.05, 3.63) is 59.2 Å². The van der Waals surface area contributed by atoms with Crippen molar-refractivity contribution in [3.8, 4) is 0 Å². The lowest BCUT2D eigenvalue weighted by atomic mass is 9.68. The summed E-state index contributed by atoms with van der Waals surface area (Å²) in [5.41, 5.74) is 3.57. The van der Waals surface area contributed by atoms with Crippen LogP contribution >= 0.6 is 0 Å². The molecule has 0 heterocycles. The molecule has 1 fully saturated rings. The quantitative estimate of drug-likeness (QED) is 0.800. The maximum atomic E-state index is 12.7. The average Bonchev–Trinajstić information content (AvgIpc) is 2.61. The molecule has 5 heteroatoms. The van der Waals surface area contributed by atoms with Crippen LogP contribution in [-0.2, 0) is 9.53 Å². The van der Waals surface area contributed by atoms with Crippen molar-refractivity contribution >= 4 is 23.2 Å². The fraction of sp³-hybridized carbons (Fsp3) is 0.364.